The van der Waals surface area contributed by atoms with E-state index in [2.05, 4.69) is 53.3 Å². The second-order valence-electron chi connectivity index (χ2n) is 7.04. The summed E-state index contributed by atoms with van der Waals surface area (Å²) in [7, 11) is 2.63. The smallest absolute Gasteiger partial charge is 0.323 e. The van der Waals surface area contributed by atoms with Gasteiger partial charge in [0.05, 0.1) is 32.8 Å². The maximum atomic E-state index is 11.9. The van der Waals surface area contributed by atoms with Crippen molar-refractivity contribution in [3.05, 3.63) is 24.3 Å². The van der Waals surface area contributed by atoms with Gasteiger partial charge in [0.25, 0.3) is 0 Å². The Balaban J connectivity index is 4.83. The van der Waals surface area contributed by atoms with E-state index in [4.69, 9.17) is 4.74 Å². The van der Waals surface area contributed by atoms with Crippen molar-refractivity contribution in [2.45, 2.75) is 76.5 Å². The zero-order chi connectivity index (χ0) is 24.0. The molecule has 0 heterocycles. The fourth-order valence-corrected chi connectivity index (χ4v) is 2.91. The highest BCUT2D eigenvalue weighted by molar-refractivity contribution is 7.80. The zero-order valence-corrected chi connectivity index (χ0v) is 20.3. The Morgan fingerprint density at radius 2 is 1.88 bits per heavy atom. The normalized spacial score (nSPS) is 13.5. The highest BCUT2D eigenvalue weighted by atomic mass is 32.1. The quantitative estimate of drug-likeness (QED) is 0.121. The monoisotopic (exact) mass is 463 g/mol. The third kappa shape index (κ3) is 15.6. The lowest BCUT2D eigenvalue weighted by Gasteiger charge is -2.25. The van der Waals surface area contributed by atoms with Crippen molar-refractivity contribution >= 4 is 24.6 Å². The predicted octanol–water partition coefficient (Wildman–Crippen LogP) is 3.21. The Bertz CT molecular complexity index is 711. The van der Waals surface area contributed by atoms with Crippen molar-refractivity contribution in [2.75, 3.05) is 20.0 Å². The molecule has 6 nitrogen and oxygen atoms in total. The third-order valence-corrected chi connectivity index (χ3v) is 4.87. The molecule has 0 saturated heterocycles. The van der Waals surface area contributed by atoms with E-state index < -0.39 is 24.2 Å². The largest absolute Gasteiger partial charge is 0.469 e. The van der Waals surface area contributed by atoms with Crippen molar-refractivity contribution in [2.24, 2.45) is 0 Å². The van der Waals surface area contributed by atoms with Crippen LogP contribution in [0, 0.1) is 23.7 Å². The van der Waals surface area contributed by atoms with E-state index >= 15 is 0 Å². The molecule has 0 radical (unpaired) electrons. The van der Waals surface area contributed by atoms with Gasteiger partial charge in [-0.2, -0.15) is 12.6 Å². The van der Waals surface area contributed by atoms with E-state index in [1.165, 1.54) is 27.1 Å². The fourth-order valence-electron chi connectivity index (χ4n) is 2.66. The number of esters is 2. The Morgan fingerprint density at radius 1 is 1.09 bits per heavy atom. The minimum Gasteiger partial charge on any atom is -0.469 e. The molecule has 0 spiro atoms. The molecule has 0 rings (SSSR count). The number of carbonyl (C=O) groups excluding carboxylic acids is 2. The third-order valence-electron chi connectivity index (χ3n) is 4.50. The highest BCUT2D eigenvalue weighted by Gasteiger charge is 2.24. The van der Waals surface area contributed by atoms with Crippen LogP contribution in [0.5, 0.6) is 0 Å². The summed E-state index contributed by atoms with van der Waals surface area (Å²) >= 11 is 4.18. The summed E-state index contributed by atoms with van der Waals surface area (Å²) in [4.78, 5) is 23.2. The molecular formula is C25H37NO5S. The van der Waals surface area contributed by atoms with Crippen molar-refractivity contribution in [1.29, 1.82) is 0 Å². The first-order valence-electron chi connectivity index (χ1n) is 11.0. The number of carbonyl (C=O) groups is 2. The summed E-state index contributed by atoms with van der Waals surface area (Å²) in [6.07, 6.45) is 12.2. The first kappa shape index (κ1) is 29.8. The van der Waals surface area contributed by atoms with Gasteiger partial charge in [0, 0.05) is 18.6 Å². The van der Waals surface area contributed by atoms with Gasteiger partial charge < -0.3 is 14.6 Å². The Labute approximate surface area is 198 Å². The maximum Gasteiger partial charge on any atom is 0.323 e. The Kier molecular flexibility index (Phi) is 19.3. The van der Waals surface area contributed by atoms with Gasteiger partial charge in [-0.05, 0) is 25.3 Å². The van der Waals surface area contributed by atoms with Crippen LogP contribution >= 0.6 is 12.6 Å². The van der Waals surface area contributed by atoms with Gasteiger partial charge in [-0.3, -0.25) is 14.9 Å². The van der Waals surface area contributed by atoms with Gasteiger partial charge in [-0.15, -0.1) is 5.92 Å². The molecule has 7 heteroatoms. The van der Waals surface area contributed by atoms with Crippen LogP contribution in [0.2, 0.25) is 0 Å². The van der Waals surface area contributed by atoms with E-state index in [1.807, 2.05) is 0 Å². The summed E-state index contributed by atoms with van der Waals surface area (Å²) in [6, 6.07) is -1.21. The van der Waals surface area contributed by atoms with Crippen LogP contribution in [-0.2, 0) is 19.1 Å². The van der Waals surface area contributed by atoms with Crippen molar-refractivity contribution in [3.63, 3.8) is 0 Å². The number of ether oxygens (including phenoxy) is 2. The average Bonchev–Trinajstić information content (AvgIpc) is 2.80. The summed E-state index contributed by atoms with van der Waals surface area (Å²) in [5.74, 6) is 11.5. The van der Waals surface area contributed by atoms with Crippen molar-refractivity contribution < 1.29 is 24.2 Å². The first-order valence-corrected chi connectivity index (χ1v) is 11.6. The van der Waals surface area contributed by atoms with Crippen LogP contribution in [0.4, 0.5) is 0 Å². The summed E-state index contributed by atoms with van der Waals surface area (Å²) in [5, 5.41) is 13.6. The molecule has 0 aliphatic carbocycles. The number of aliphatic hydroxyl groups excluding tert-OH is 1. The molecule has 0 aromatic heterocycles. The molecule has 0 amide bonds. The van der Waals surface area contributed by atoms with E-state index in [1.54, 1.807) is 24.3 Å². The minimum absolute atomic E-state index is 0.215. The number of allylic oxidation sites excluding steroid dienone is 3. The topological polar surface area (TPSA) is 84.9 Å². The second kappa shape index (κ2) is 20.7. The molecule has 0 fully saturated rings. The number of hydrogen-bond donors (Lipinski definition) is 3. The molecule has 0 aromatic rings. The molecular weight excluding hydrogens is 426 g/mol. The molecule has 0 aliphatic heterocycles. The van der Waals surface area contributed by atoms with Gasteiger partial charge in [-0.1, -0.05) is 55.8 Å². The van der Waals surface area contributed by atoms with E-state index in [0.717, 1.165) is 12.8 Å². The van der Waals surface area contributed by atoms with E-state index in [9.17, 15) is 14.7 Å². The molecule has 0 aromatic carbocycles. The van der Waals surface area contributed by atoms with E-state index in [0.29, 0.717) is 19.3 Å². The number of thiol groups is 1. The number of aliphatic hydroxyl groups is 1. The number of unbranched alkanes of at least 4 members (excludes halogenated alkanes) is 3. The zero-order valence-electron chi connectivity index (χ0n) is 19.4. The summed E-state index contributed by atoms with van der Waals surface area (Å²) < 4.78 is 9.38. The number of methoxy groups -OCH3 is 2. The lowest BCUT2D eigenvalue weighted by Crippen LogP contribution is -2.49. The lowest BCUT2D eigenvalue weighted by molar-refractivity contribution is -0.142. The Hall–Kier alpha value is -2.19. The molecule has 0 bridgehead atoms. The standard InChI is InChI=1S/C25H37NO5S/c1-4-5-6-7-8-9-10-11-12-13-14-15-17-21(26-22(20-32)25(29)31-3)23(27)18-16-19-24(28)30-2/h13-15,17,21-23,26-27,32H,4-7,10,16,18-20H2,1-3H3/t21-,22?,23+/m1/s1. The van der Waals surface area contributed by atoms with Gasteiger partial charge in [0.2, 0.25) is 0 Å². The molecule has 3 atom stereocenters. The number of nitrogens with one attached hydrogen (secondary N) is 1. The predicted molar refractivity (Wildman–Crippen MR) is 131 cm³/mol. The van der Waals surface area contributed by atoms with Crippen LogP contribution < -0.4 is 5.32 Å². The molecule has 0 saturated carbocycles. The summed E-state index contributed by atoms with van der Waals surface area (Å²) in [5.41, 5.74) is 0. The van der Waals surface area contributed by atoms with Crippen molar-refractivity contribution in [1.82, 2.24) is 5.32 Å². The lowest BCUT2D eigenvalue weighted by atomic mass is 10.0. The molecule has 1 unspecified atom stereocenters. The van der Waals surface area contributed by atoms with Gasteiger partial charge in [0.15, 0.2) is 0 Å². The maximum absolute atomic E-state index is 11.9. The van der Waals surface area contributed by atoms with Gasteiger partial charge in [-0.25, -0.2) is 0 Å². The number of hydrogen-bond acceptors (Lipinski definition) is 7. The summed E-state index contributed by atoms with van der Waals surface area (Å²) in [6.45, 7) is 2.17. The number of rotatable bonds is 14. The molecule has 0 aliphatic rings. The van der Waals surface area contributed by atoms with Crippen LogP contribution in [0.1, 0.15) is 58.3 Å². The second-order valence-corrected chi connectivity index (χ2v) is 7.40. The average molecular weight is 464 g/mol. The molecule has 32 heavy (non-hydrogen) atoms. The van der Waals surface area contributed by atoms with Crippen molar-refractivity contribution in [3.8, 4) is 23.7 Å². The van der Waals surface area contributed by atoms with Crippen LogP contribution in [0.25, 0.3) is 0 Å². The van der Waals surface area contributed by atoms with Crippen LogP contribution in [0.3, 0.4) is 0 Å². The first-order chi connectivity index (χ1) is 15.5. The molecule has 178 valence electrons. The van der Waals surface area contributed by atoms with E-state index in [-0.39, 0.29) is 18.1 Å². The SMILES string of the molecule is CCCCCC#CCC#CC=CC=C[C@@H](NC(CS)C(=O)OC)[C@@H](O)CCCC(=O)OC. The Morgan fingerprint density at radius 3 is 2.53 bits per heavy atom. The molecule has 2 N–H and O–H groups in total. The highest BCUT2D eigenvalue weighted by Crippen LogP contribution is 2.09. The fraction of sp³-hybridized carbons (Fsp3) is 0.600. The minimum atomic E-state index is -0.814. The van der Waals surface area contributed by atoms with Crippen LogP contribution in [-0.4, -0.2) is 55.2 Å². The van der Waals surface area contributed by atoms with Gasteiger partial charge >= 0.3 is 11.9 Å². The van der Waals surface area contributed by atoms with Crippen LogP contribution in [0.15, 0.2) is 24.3 Å². The van der Waals surface area contributed by atoms with Gasteiger partial charge in [0.1, 0.15) is 6.04 Å².